The number of aryl methyl sites for hydroxylation is 2. The van der Waals surface area contributed by atoms with Gasteiger partial charge in [0.25, 0.3) is 0 Å². The highest BCUT2D eigenvalue weighted by Crippen LogP contribution is 2.28. The van der Waals surface area contributed by atoms with Gasteiger partial charge in [0.05, 0.1) is 0 Å². The highest BCUT2D eigenvalue weighted by Gasteiger charge is 2.10. The van der Waals surface area contributed by atoms with E-state index < -0.39 is 0 Å². The molecule has 2 aromatic rings. The van der Waals surface area contributed by atoms with Crippen molar-refractivity contribution >= 4 is 33.3 Å². The van der Waals surface area contributed by atoms with E-state index in [4.69, 9.17) is 0 Å². The number of halogens is 1. The maximum absolute atomic E-state index is 4.61. The van der Waals surface area contributed by atoms with Crippen LogP contribution in [0, 0.1) is 13.8 Å². The molecular formula is C16H21BrN4. The van der Waals surface area contributed by atoms with Gasteiger partial charge in [-0.05, 0) is 37.1 Å². The van der Waals surface area contributed by atoms with Crippen molar-refractivity contribution < 1.29 is 0 Å². The van der Waals surface area contributed by atoms with Gasteiger partial charge >= 0.3 is 0 Å². The maximum Gasteiger partial charge on any atom is 0.136 e. The normalized spacial score (nSPS) is 10.8. The second-order valence-electron chi connectivity index (χ2n) is 5.44. The van der Waals surface area contributed by atoms with Crippen LogP contribution in [0.25, 0.3) is 0 Å². The van der Waals surface area contributed by atoms with E-state index in [-0.39, 0.29) is 5.92 Å². The van der Waals surface area contributed by atoms with Gasteiger partial charge in [-0.15, -0.1) is 0 Å². The van der Waals surface area contributed by atoms with Crippen molar-refractivity contribution in [3.05, 3.63) is 39.6 Å². The molecule has 0 bridgehead atoms. The molecule has 0 unspecified atom stereocenters. The lowest BCUT2D eigenvalue weighted by Gasteiger charge is -2.15. The topological polar surface area (TPSA) is 49.8 Å². The van der Waals surface area contributed by atoms with Gasteiger partial charge in [0.2, 0.25) is 0 Å². The Kier molecular flexibility index (Phi) is 4.83. The molecule has 0 saturated carbocycles. The molecule has 0 saturated heterocycles. The van der Waals surface area contributed by atoms with Crippen molar-refractivity contribution in [2.75, 3.05) is 17.7 Å². The van der Waals surface area contributed by atoms with Crippen molar-refractivity contribution in [3.63, 3.8) is 0 Å². The zero-order valence-electron chi connectivity index (χ0n) is 13.1. The molecule has 1 heterocycles. The summed E-state index contributed by atoms with van der Waals surface area (Å²) >= 11 is 3.52. The largest absolute Gasteiger partial charge is 0.373 e. The van der Waals surface area contributed by atoms with E-state index in [2.05, 4.69) is 76.4 Å². The zero-order valence-corrected chi connectivity index (χ0v) is 14.7. The second-order valence-corrected chi connectivity index (χ2v) is 6.36. The maximum atomic E-state index is 4.61. The molecule has 0 radical (unpaired) electrons. The average molecular weight is 349 g/mol. The molecule has 1 aromatic heterocycles. The molecule has 0 fully saturated rings. The lowest BCUT2D eigenvalue weighted by Crippen LogP contribution is -2.06. The van der Waals surface area contributed by atoms with Crippen LogP contribution >= 0.6 is 15.9 Å². The fourth-order valence-electron chi connectivity index (χ4n) is 2.15. The van der Waals surface area contributed by atoms with Crippen LogP contribution in [0.5, 0.6) is 0 Å². The summed E-state index contributed by atoms with van der Waals surface area (Å²) in [7, 11) is 1.87. The fraction of sp³-hybridized carbons (Fsp3) is 0.375. The number of hydrogen-bond acceptors (Lipinski definition) is 4. The third-order valence-electron chi connectivity index (χ3n) is 3.27. The van der Waals surface area contributed by atoms with Gasteiger partial charge in [0, 0.05) is 29.2 Å². The van der Waals surface area contributed by atoms with Gasteiger partial charge in [-0.25, -0.2) is 9.97 Å². The SMILES string of the molecule is CNc1cc(Nc2c(C)cc(Br)cc2C)nc(C(C)C)n1. The average Bonchev–Trinajstić information content (AvgIpc) is 2.42. The Hall–Kier alpha value is -1.62. The summed E-state index contributed by atoms with van der Waals surface area (Å²) in [6.07, 6.45) is 0. The monoisotopic (exact) mass is 348 g/mol. The molecule has 21 heavy (non-hydrogen) atoms. The summed E-state index contributed by atoms with van der Waals surface area (Å²) < 4.78 is 1.09. The molecule has 112 valence electrons. The number of aromatic nitrogens is 2. The Morgan fingerprint density at radius 1 is 1.00 bits per heavy atom. The van der Waals surface area contributed by atoms with Crippen molar-refractivity contribution in [1.82, 2.24) is 9.97 Å². The second kappa shape index (κ2) is 6.43. The summed E-state index contributed by atoms with van der Waals surface area (Å²) in [6, 6.07) is 6.12. The Morgan fingerprint density at radius 2 is 1.57 bits per heavy atom. The van der Waals surface area contributed by atoms with Gasteiger partial charge in [-0.1, -0.05) is 29.8 Å². The molecule has 0 amide bonds. The van der Waals surface area contributed by atoms with Crippen LogP contribution in [0.2, 0.25) is 0 Å². The lowest BCUT2D eigenvalue weighted by atomic mass is 10.1. The number of anilines is 3. The lowest BCUT2D eigenvalue weighted by molar-refractivity contribution is 0.778. The molecule has 1 aromatic carbocycles. The number of nitrogens with zero attached hydrogens (tertiary/aromatic N) is 2. The van der Waals surface area contributed by atoms with Crippen molar-refractivity contribution in [3.8, 4) is 0 Å². The summed E-state index contributed by atoms with van der Waals surface area (Å²) in [5.74, 6) is 2.75. The summed E-state index contributed by atoms with van der Waals surface area (Å²) in [5.41, 5.74) is 3.45. The first-order valence-corrected chi connectivity index (χ1v) is 7.80. The van der Waals surface area contributed by atoms with Crippen molar-refractivity contribution in [2.24, 2.45) is 0 Å². The zero-order chi connectivity index (χ0) is 15.6. The highest BCUT2D eigenvalue weighted by atomic mass is 79.9. The smallest absolute Gasteiger partial charge is 0.136 e. The first kappa shape index (κ1) is 15.8. The summed E-state index contributed by atoms with van der Waals surface area (Å²) in [5, 5.41) is 6.51. The molecule has 5 heteroatoms. The minimum Gasteiger partial charge on any atom is -0.373 e. The van der Waals surface area contributed by atoms with Gasteiger partial charge in [-0.2, -0.15) is 0 Å². The van der Waals surface area contributed by atoms with Crippen LogP contribution in [-0.2, 0) is 0 Å². The predicted octanol–water partition coefficient (Wildman–Crippen LogP) is 4.76. The van der Waals surface area contributed by atoms with E-state index in [9.17, 15) is 0 Å². The third-order valence-corrected chi connectivity index (χ3v) is 3.72. The van der Waals surface area contributed by atoms with Crippen LogP contribution in [0.3, 0.4) is 0 Å². The van der Waals surface area contributed by atoms with E-state index in [1.54, 1.807) is 0 Å². The summed E-state index contributed by atoms with van der Waals surface area (Å²) in [6.45, 7) is 8.36. The van der Waals surface area contributed by atoms with Crippen molar-refractivity contribution in [2.45, 2.75) is 33.6 Å². The minimum atomic E-state index is 0.283. The number of hydrogen-bond donors (Lipinski definition) is 2. The van der Waals surface area contributed by atoms with Crippen LogP contribution in [0.15, 0.2) is 22.7 Å². The minimum absolute atomic E-state index is 0.283. The molecule has 0 aliphatic heterocycles. The van der Waals surface area contributed by atoms with Crippen LogP contribution < -0.4 is 10.6 Å². The first-order valence-electron chi connectivity index (χ1n) is 7.01. The number of benzene rings is 1. The Labute approximate surface area is 134 Å². The quantitative estimate of drug-likeness (QED) is 0.835. The molecule has 0 aliphatic carbocycles. The third kappa shape index (κ3) is 3.73. The molecule has 0 spiro atoms. The Bertz CT molecular complexity index is 630. The van der Waals surface area contributed by atoms with Gasteiger partial charge < -0.3 is 10.6 Å². The van der Waals surface area contributed by atoms with E-state index in [1.807, 2.05) is 13.1 Å². The predicted molar refractivity (Wildman–Crippen MR) is 92.6 cm³/mol. The van der Waals surface area contributed by atoms with Crippen LogP contribution in [-0.4, -0.2) is 17.0 Å². The molecular weight excluding hydrogens is 328 g/mol. The standard InChI is InChI=1S/C16H21BrN4/c1-9(2)16-20-13(18-5)8-14(21-16)19-15-10(3)6-12(17)7-11(15)4/h6-9H,1-5H3,(H2,18,19,20,21). The van der Waals surface area contributed by atoms with Crippen LogP contribution in [0.1, 0.15) is 36.7 Å². The van der Waals surface area contributed by atoms with E-state index >= 15 is 0 Å². The summed E-state index contributed by atoms with van der Waals surface area (Å²) in [4.78, 5) is 9.09. The molecule has 4 nitrogen and oxygen atoms in total. The first-order chi connectivity index (χ1) is 9.90. The van der Waals surface area contributed by atoms with Crippen molar-refractivity contribution in [1.29, 1.82) is 0 Å². The fourth-order valence-corrected chi connectivity index (χ4v) is 2.84. The molecule has 0 atom stereocenters. The van der Waals surface area contributed by atoms with E-state index in [0.29, 0.717) is 0 Å². The Balaban J connectivity index is 2.42. The molecule has 2 N–H and O–H groups in total. The Morgan fingerprint density at radius 3 is 2.10 bits per heavy atom. The number of rotatable bonds is 4. The van der Waals surface area contributed by atoms with Gasteiger partial charge in [-0.3, -0.25) is 0 Å². The van der Waals surface area contributed by atoms with Crippen LogP contribution in [0.4, 0.5) is 17.3 Å². The van der Waals surface area contributed by atoms with E-state index in [0.717, 1.165) is 27.6 Å². The molecule has 2 rings (SSSR count). The van der Waals surface area contributed by atoms with E-state index in [1.165, 1.54) is 11.1 Å². The van der Waals surface area contributed by atoms with Gasteiger partial charge in [0.1, 0.15) is 17.5 Å². The van der Waals surface area contributed by atoms with Gasteiger partial charge in [0.15, 0.2) is 0 Å². The highest BCUT2D eigenvalue weighted by molar-refractivity contribution is 9.10. The number of nitrogens with one attached hydrogen (secondary N) is 2. The molecule has 0 aliphatic rings.